The first-order chi connectivity index (χ1) is 7.47. The summed E-state index contributed by atoms with van der Waals surface area (Å²) in [7, 11) is -0.181. The van der Waals surface area contributed by atoms with Crippen LogP contribution in [-0.2, 0) is 16.6 Å². The summed E-state index contributed by atoms with van der Waals surface area (Å²) >= 11 is 1.14. The van der Waals surface area contributed by atoms with Crippen molar-refractivity contribution in [2.45, 2.75) is 10.8 Å². The van der Waals surface area contributed by atoms with Crippen LogP contribution < -0.4 is 15.8 Å². The second kappa shape index (κ2) is 5.28. The van der Waals surface area contributed by atoms with Crippen LogP contribution in [0.15, 0.2) is 21.3 Å². The van der Waals surface area contributed by atoms with Crippen molar-refractivity contribution in [2.24, 2.45) is 10.1 Å². The minimum absolute atomic E-state index is 0.170. The molecule has 0 aromatic carbocycles. The first kappa shape index (κ1) is 12.9. The Morgan fingerprint density at radius 3 is 2.69 bits per heavy atom. The van der Waals surface area contributed by atoms with Crippen molar-refractivity contribution in [3.8, 4) is 0 Å². The van der Waals surface area contributed by atoms with E-state index >= 15 is 0 Å². The van der Waals surface area contributed by atoms with Gasteiger partial charge in [0, 0.05) is 19.0 Å². The molecule has 1 rings (SSSR count). The third-order valence-corrected chi connectivity index (χ3v) is 4.33. The summed E-state index contributed by atoms with van der Waals surface area (Å²) < 4.78 is 22.2. The van der Waals surface area contributed by atoms with Gasteiger partial charge in [0.2, 0.25) is 10.0 Å². The Bertz CT molecular complexity index is 478. The minimum atomic E-state index is -3.59. The van der Waals surface area contributed by atoms with Crippen LogP contribution in [0.4, 0.5) is 0 Å². The van der Waals surface area contributed by atoms with E-state index in [1.165, 1.54) is 6.07 Å². The molecule has 90 valence electrons. The molecule has 0 fully saturated rings. The second-order valence-corrected chi connectivity index (χ2v) is 5.90. The molecule has 0 spiro atoms. The summed E-state index contributed by atoms with van der Waals surface area (Å²) in [6.45, 7) is 0.508. The van der Waals surface area contributed by atoms with Crippen molar-refractivity contribution in [1.29, 1.82) is 0 Å². The lowest BCUT2D eigenvalue weighted by Gasteiger charge is -2.06. The summed E-state index contributed by atoms with van der Waals surface area (Å²) in [5, 5.41) is 10.9. The molecular weight excluding hydrogens is 248 g/mol. The largest absolute Gasteiger partial charge is 0.359 e. The topological polar surface area (TPSA) is 96.6 Å². The van der Waals surface area contributed by atoms with Crippen LogP contribution in [0.1, 0.15) is 4.88 Å². The fourth-order valence-electron chi connectivity index (χ4n) is 1.06. The molecule has 0 radical (unpaired) electrons. The molecule has 8 heteroatoms. The first-order valence-corrected chi connectivity index (χ1v) is 6.83. The predicted molar refractivity (Wildman–Crippen MR) is 65.0 cm³/mol. The van der Waals surface area contributed by atoms with Crippen molar-refractivity contribution in [1.82, 2.24) is 10.6 Å². The van der Waals surface area contributed by atoms with E-state index in [4.69, 9.17) is 5.14 Å². The van der Waals surface area contributed by atoms with Gasteiger partial charge < -0.3 is 10.6 Å². The van der Waals surface area contributed by atoms with Crippen molar-refractivity contribution < 1.29 is 8.42 Å². The third-order valence-electron chi connectivity index (χ3n) is 1.81. The number of thiophene rings is 1. The third kappa shape index (κ3) is 3.47. The molecule has 16 heavy (non-hydrogen) atoms. The van der Waals surface area contributed by atoms with Gasteiger partial charge in [-0.3, -0.25) is 4.99 Å². The molecule has 1 aromatic heterocycles. The summed E-state index contributed by atoms with van der Waals surface area (Å²) in [5.74, 6) is 0.644. The summed E-state index contributed by atoms with van der Waals surface area (Å²) in [6, 6.07) is 3.22. The van der Waals surface area contributed by atoms with Crippen molar-refractivity contribution in [3.63, 3.8) is 0 Å². The van der Waals surface area contributed by atoms with Crippen LogP contribution >= 0.6 is 11.3 Å². The maximum absolute atomic E-state index is 11.0. The highest BCUT2D eigenvalue weighted by Crippen LogP contribution is 2.19. The van der Waals surface area contributed by atoms with Crippen LogP contribution in [0.5, 0.6) is 0 Å². The van der Waals surface area contributed by atoms with Gasteiger partial charge >= 0.3 is 0 Å². The number of nitrogens with one attached hydrogen (secondary N) is 2. The number of rotatable bonds is 3. The van der Waals surface area contributed by atoms with Crippen LogP contribution in [0.3, 0.4) is 0 Å². The summed E-state index contributed by atoms with van der Waals surface area (Å²) in [4.78, 5) is 4.81. The highest BCUT2D eigenvalue weighted by Gasteiger charge is 2.10. The number of sulfonamides is 1. The fraction of sp³-hybridized carbons (Fsp3) is 0.375. The molecule has 6 nitrogen and oxygen atoms in total. The highest BCUT2D eigenvalue weighted by molar-refractivity contribution is 7.91. The maximum Gasteiger partial charge on any atom is 0.247 e. The van der Waals surface area contributed by atoms with E-state index < -0.39 is 10.0 Å². The molecule has 0 bridgehead atoms. The van der Waals surface area contributed by atoms with Gasteiger partial charge in [-0.05, 0) is 12.1 Å². The number of primary sulfonamides is 1. The van der Waals surface area contributed by atoms with Crippen LogP contribution in [-0.4, -0.2) is 28.5 Å². The van der Waals surface area contributed by atoms with E-state index in [0.29, 0.717) is 12.5 Å². The zero-order valence-electron chi connectivity index (χ0n) is 9.02. The lowest BCUT2D eigenvalue weighted by atomic mass is 10.5. The van der Waals surface area contributed by atoms with Gasteiger partial charge in [0.05, 0.1) is 6.54 Å². The smallest absolute Gasteiger partial charge is 0.247 e. The van der Waals surface area contributed by atoms with Gasteiger partial charge in [-0.25, -0.2) is 13.6 Å². The Hall–Kier alpha value is -1.12. The van der Waals surface area contributed by atoms with Crippen molar-refractivity contribution in [3.05, 3.63) is 17.0 Å². The molecular formula is C8H14N4O2S2. The lowest BCUT2D eigenvalue weighted by Crippen LogP contribution is -2.33. The molecule has 0 aliphatic rings. The Morgan fingerprint density at radius 2 is 2.25 bits per heavy atom. The zero-order valence-corrected chi connectivity index (χ0v) is 10.7. The Kier molecular flexibility index (Phi) is 4.27. The molecule has 1 heterocycles. The summed E-state index contributed by atoms with van der Waals surface area (Å²) in [6.07, 6.45) is 0. The Balaban J connectivity index is 2.67. The van der Waals surface area contributed by atoms with Gasteiger partial charge in [0.1, 0.15) is 4.21 Å². The maximum atomic E-state index is 11.0. The molecule has 4 N–H and O–H groups in total. The molecule has 0 saturated carbocycles. The van der Waals surface area contributed by atoms with E-state index in [1.54, 1.807) is 20.2 Å². The van der Waals surface area contributed by atoms with E-state index in [-0.39, 0.29) is 4.21 Å². The van der Waals surface area contributed by atoms with E-state index in [1.807, 2.05) is 0 Å². The quantitative estimate of drug-likeness (QED) is 0.514. The minimum Gasteiger partial charge on any atom is -0.359 e. The molecule has 0 atom stereocenters. The number of guanidine groups is 1. The average Bonchev–Trinajstić information content (AvgIpc) is 2.67. The van der Waals surface area contributed by atoms with Crippen molar-refractivity contribution in [2.75, 3.05) is 14.1 Å². The van der Waals surface area contributed by atoms with Gasteiger partial charge in [-0.1, -0.05) is 0 Å². The normalized spacial score (nSPS) is 12.6. The molecule has 0 aliphatic heterocycles. The first-order valence-electron chi connectivity index (χ1n) is 4.47. The molecule has 1 aromatic rings. The number of nitrogens with zero attached hydrogens (tertiary/aromatic N) is 1. The Morgan fingerprint density at radius 1 is 1.56 bits per heavy atom. The number of hydrogen-bond acceptors (Lipinski definition) is 4. The van der Waals surface area contributed by atoms with Crippen LogP contribution in [0.25, 0.3) is 0 Å². The van der Waals surface area contributed by atoms with Crippen molar-refractivity contribution >= 4 is 27.3 Å². The van der Waals surface area contributed by atoms with Gasteiger partial charge in [-0.15, -0.1) is 11.3 Å². The van der Waals surface area contributed by atoms with E-state index in [0.717, 1.165) is 16.2 Å². The number of aliphatic imine (C=N–C) groups is 1. The van der Waals surface area contributed by atoms with Gasteiger partial charge in [0.25, 0.3) is 0 Å². The fourth-order valence-corrected chi connectivity index (χ4v) is 2.77. The zero-order chi connectivity index (χ0) is 12.2. The van der Waals surface area contributed by atoms with E-state index in [2.05, 4.69) is 15.6 Å². The van der Waals surface area contributed by atoms with Gasteiger partial charge in [-0.2, -0.15) is 0 Å². The lowest BCUT2D eigenvalue weighted by molar-refractivity contribution is 0.600. The van der Waals surface area contributed by atoms with Crippen LogP contribution in [0, 0.1) is 0 Å². The number of nitrogens with two attached hydrogens (primary N) is 1. The molecule has 0 saturated heterocycles. The summed E-state index contributed by atoms with van der Waals surface area (Å²) in [5.41, 5.74) is 0. The molecule has 0 unspecified atom stereocenters. The monoisotopic (exact) mass is 262 g/mol. The molecule has 0 amide bonds. The predicted octanol–water partition coefficient (Wildman–Crippen LogP) is -0.310. The Labute approximate surface area is 98.6 Å². The second-order valence-electron chi connectivity index (χ2n) is 2.94. The van der Waals surface area contributed by atoms with Crippen LogP contribution in [0.2, 0.25) is 0 Å². The van der Waals surface area contributed by atoms with E-state index in [9.17, 15) is 8.42 Å². The molecule has 0 aliphatic carbocycles. The average molecular weight is 262 g/mol. The van der Waals surface area contributed by atoms with Gasteiger partial charge in [0.15, 0.2) is 5.96 Å². The highest BCUT2D eigenvalue weighted by atomic mass is 32.2. The SMILES string of the molecule is CN=C(NC)NCc1ccc(S(N)(=O)=O)s1. The standard InChI is InChI=1S/C8H14N4O2S2/c1-10-8(11-2)12-5-6-3-4-7(15-6)16(9,13)14/h3-4H,5H2,1-2H3,(H2,9,13,14)(H2,10,11,12). The number of hydrogen-bond donors (Lipinski definition) is 3.